The number of carboxylic acids is 3. The average Bonchev–Trinajstić information content (AvgIpc) is 0.867. The van der Waals surface area contributed by atoms with Gasteiger partial charge in [-0.05, 0) is 84.2 Å². The average molecular weight is 1430 g/mol. The molecular weight excluding hydrogens is 1350 g/mol. The number of carboxylic acid groups (broad SMARTS) is 3. The number of nitrogens with two attached hydrogens (primary N) is 1. The predicted octanol–water partition coefficient (Wildman–Crippen LogP) is -2.02. The van der Waals surface area contributed by atoms with Gasteiger partial charge in [-0.1, -0.05) is 98.8 Å². The molecule has 0 saturated heterocycles. The lowest BCUT2D eigenvalue weighted by atomic mass is 10.0. The number of aliphatic carboxylic acids is 3. The standard InChI is InChI=1S/C65H84N12O19S3/c1-34(2)54(65(95)96)77-62(92)48(30-53(83)84)74-58(88)43(23-24-99-4)70-61(91)46(28-39-17-21-41(79)22-18-39)72-63(93)49(32-97)75-55(85)35(3)68-59(89)45(27-38-15-19-40(78)20-16-38)71-60(90)44(26-37-13-9-6-10-14-37)69-51(80)31-67-57(87)47(29-52(81)82)73-64(94)50(33-98)76-56(86)42(66)25-36-11-7-5-8-12-36/h5-22,34-35,42-50,54,78-79,97-98H,23-33,66H2,1-4H3,(H,67,87)(H,68,89)(H,69,80)(H,70,91)(H,71,90)(H,72,93)(H,73,94)(H,74,88)(H,75,85)(H,76,86)(H,77,92)(H,81,82)(H,83,84)(H,95,96)/t35-,42+,43-,44-,45-,46+,47-,48-,49-,50-,54-/m0/s1. The molecule has 11 amide bonds. The van der Waals surface area contributed by atoms with Crippen LogP contribution in [-0.4, -0.2) is 205 Å². The van der Waals surface area contributed by atoms with Crippen molar-refractivity contribution in [1.29, 1.82) is 0 Å². The molecule has 0 heterocycles. The molecule has 0 bridgehead atoms. The number of thioether (sulfide) groups is 1. The highest BCUT2D eigenvalue weighted by Gasteiger charge is 2.36. The third kappa shape index (κ3) is 28.6. The quantitative estimate of drug-likeness (QED) is 0.0213. The molecule has 0 aromatic heterocycles. The minimum atomic E-state index is -1.80. The number of nitrogens with one attached hydrogen (secondary N) is 11. The van der Waals surface area contributed by atoms with Crippen LogP contribution >= 0.6 is 37.0 Å². The van der Waals surface area contributed by atoms with Crippen LogP contribution in [0.4, 0.5) is 0 Å². The van der Waals surface area contributed by atoms with Crippen molar-refractivity contribution in [2.75, 3.05) is 30.1 Å². The fourth-order valence-corrected chi connectivity index (χ4v) is 10.4. The topological polar surface area (TPSA) is 498 Å². The summed E-state index contributed by atoms with van der Waals surface area (Å²) in [6.45, 7) is 3.34. The van der Waals surface area contributed by atoms with Crippen molar-refractivity contribution >= 4 is 120 Å². The Bertz CT molecular complexity index is 3450. The van der Waals surface area contributed by atoms with Crippen LogP contribution in [0.5, 0.6) is 11.5 Å². The van der Waals surface area contributed by atoms with E-state index in [9.17, 15) is 92.7 Å². The molecular formula is C65H84N12O19S3. The van der Waals surface area contributed by atoms with E-state index in [4.69, 9.17) is 5.73 Å². The number of carbonyl (C=O) groups excluding carboxylic acids is 11. The van der Waals surface area contributed by atoms with E-state index in [1.54, 1.807) is 66.9 Å². The zero-order chi connectivity index (χ0) is 73.5. The first kappa shape index (κ1) is 81.5. The maximum atomic E-state index is 14.5. The second-order valence-corrected chi connectivity index (χ2v) is 24.9. The Labute approximate surface area is 585 Å². The number of rotatable bonds is 41. The van der Waals surface area contributed by atoms with Gasteiger partial charge in [0.15, 0.2) is 0 Å². The van der Waals surface area contributed by atoms with Crippen molar-refractivity contribution in [3.63, 3.8) is 0 Å². The molecule has 0 spiro atoms. The Morgan fingerprint density at radius 2 is 0.768 bits per heavy atom. The fourth-order valence-electron chi connectivity index (χ4n) is 9.45. The molecule has 0 fully saturated rings. The van der Waals surface area contributed by atoms with Crippen molar-refractivity contribution in [2.24, 2.45) is 11.7 Å². The third-order valence-corrected chi connectivity index (χ3v) is 16.3. The van der Waals surface area contributed by atoms with Gasteiger partial charge < -0.3 is 89.8 Å². The SMILES string of the molecule is CSCC[C@H](NC(=O)[C@@H](Cc1ccc(O)cc1)NC(=O)[C@H](CS)NC(=O)[C@H](C)NC(=O)[C@H](Cc1ccc(O)cc1)NC(=O)[C@H](Cc1ccccc1)NC(=O)CNC(=O)[C@H](CC(=O)O)NC(=O)[C@H](CS)NC(=O)[C@H](N)Cc1ccccc1)C(=O)N[C@@H](CC(=O)O)C(=O)N[C@H](C(=O)O)C(C)C. The minimum Gasteiger partial charge on any atom is -0.508 e. The first-order valence-electron chi connectivity index (χ1n) is 31.0. The van der Waals surface area contributed by atoms with Gasteiger partial charge in [-0.25, -0.2) is 4.79 Å². The number of thiol groups is 2. The second-order valence-electron chi connectivity index (χ2n) is 23.1. The molecule has 99 heavy (non-hydrogen) atoms. The van der Waals surface area contributed by atoms with E-state index in [0.29, 0.717) is 16.7 Å². The highest BCUT2D eigenvalue weighted by Crippen LogP contribution is 2.16. The number of hydrogen-bond donors (Lipinski definition) is 19. The zero-order valence-electron chi connectivity index (χ0n) is 54.4. The van der Waals surface area contributed by atoms with E-state index in [0.717, 1.165) is 5.56 Å². The lowest BCUT2D eigenvalue weighted by molar-refractivity contribution is -0.144. The van der Waals surface area contributed by atoms with Gasteiger partial charge in [-0.2, -0.15) is 37.0 Å². The summed E-state index contributed by atoms with van der Waals surface area (Å²) >= 11 is 9.66. The first-order chi connectivity index (χ1) is 46.9. The van der Waals surface area contributed by atoms with Crippen molar-refractivity contribution in [1.82, 2.24) is 58.5 Å². The highest BCUT2D eigenvalue weighted by atomic mass is 32.2. The zero-order valence-corrected chi connectivity index (χ0v) is 57.0. The van der Waals surface area contributed by atoms with Gasteiger partial charge in [-0.3, -0.25) is 62.3 Å². The summed E-state index contributed by atoms with van der Waals surface area (Å²) < 4.78 is 0. The number of phenolic OH excluding ortho intramolecular Hbond substituents is 2. The largest absolute Gasteiger partial charge is 0.508 e. The number of hydrogen-bond acceptors (Lipinski definition) is 20. The number of benzene rings is 4. The Hall–Kier alpha value is -9.93. The van der Waals surface area contributed by atoms with Crippen LogP contribution in [0.2, 0.25) is 0 Å². The molecule has 34 heteroatoms. The number of aromatic hydroxyl groups is 2. The summed E-state index contributed by atoms with van der Waals surface area (Å²) in [5.74, 6) is -16.9. The van der Waals surface area contributed by atoms with Gasteiger partial charge >= 0.3 is 17.9 Å². The van der Waals surface area contributed by atoms with E-state index in [-0.39, 0.29) is 55.1 Å². The van der Waals surface area contributed by atoms with Gasteiger partial charge in [0.25, 0.3) is 0 Å². The molecule has 0 aliphatic heterocycles. The summed E-state index contributed by atoms with van der Waals surface area (Å²) in [7, 11) is 0. The van der Waals surface area contributed by atoms with E-state index in [1.807, 2.05) is 0 Å². The third-order valence-electron chi connectivity index (χ3n) is 14.9. The van der Waals surface area contributed by atoms with Crippen molar-refractivity contribution < 1.29 is 92.7 Å². The van der Waals surface area contributed by atoms with E-state index >= 15 is 0 Å². The van der Waals surface area contributed by atoms with Crippen LogP contribution in [0.3, 0.4) is 0 Å². The fraction of sp³-hybridized carbons (Fsp3) is 0.415. The van der Waals surface area contributed by atoms with E-state index in [2.05, 4.69) is 83.7 Å². The van der Waals surface area contributed by atoms with Gasteiger partial charge in [0.2, 0.25) is 65.0 Å². The molecule has 11 atom stereocenters. The molecule has 31 nitrogen and oxygen atoms in total. The van der Waals surface area contributed by atoms with Crippen LogP contribution in [0.1, 0.15) is 62.3 Å². The second kappa shape index (κ2) is 41.4. The minimum absolute atomic E-state index is 0.102. The summed E-state index contributed by atoms with van der Waals surface area (Å²) in [5.41, 5.74) is 8.07. The smallest absolute Gasteiger partial charge is 0.326 e. The van der Waals surface area contributed by atoms with Gasteiger partial charge in [0.1, 0.15) is 71.9 Å². The molecule has 4 aromatic carbocycles. The van der Waals surface area contributed by atoms with Crippen LogP contribution in [0.15, 0.2) is 109 Å². The number of carbonyl (C=O) groups is 14. The Morgan fingerprint density at radius 1 is 0.414 bits per heavy atom. The molecule has 18 N–H and O–H groups in total. The Balaban J connectivity index is 1.52. The van der Waals surface area contributed by atoms with Gasteiger partial charge in [0, 0.05) is 30.8 Å². The lowest BCUT2D eigenvalue weighted by Gasteiger charge is -2.27. The summed E-state index contributed by atoms with van der Waals surface area (Å²) in [4.78, 5) is 188. The Morgan fingerprint density at radius 3 is 1.19 bits per heavy atom. The van der Waals surface area contributed by atoms with Crippen molar-refractivity contribution in [3.8, 4) is 11.5 Å². The van der Waals surface area contributed by atoms with Gasteiger partial charge in [-0.15, -0.1) is 0 Å². The van der Waals surface area contributed by atoms with Crippen LogP contribution in [-0.2, 0) is 92.8 Å². The normalized spacial score (nSPS) is 14.3. The summed E-state index contributed by atoms with van der Waals surface area (Å²) in [6.07, 6.45) is -1.06. The highest BCUT2D eigenvalue weighted by molar-refractivity contribution is 7.98. The molecule has 0 aliphatic carbocycles. The molecule has 536 valence electrons. The molecule has 0 saturated carbocycles. The van der Waals surface area contributed by atoms with E-state index < -0.39 is 180 Å². The molecule has 0 aliphatic rings. The summed E-state index contributed by atoms with van der Waals surface area (Å²) in [5, 5.41) is 75.6. The van der Waals surface area contributed by atoms with Crippen molar-refractivity contribution in [2.45, 2.75) is 132 Å². The van der Waals surface area contributed by atoms with Crippen LogP contribution < -0.4 is 64.2 Å². The van der Waals surface area contributed by atoms with Crippen LogP contribution in [0.25, 0.3) is 0 Å². The lowest BCUT2D eigenvalue weighted by Crippen LogP contribution is -2.61. The molecule has 0 radical (unpaired) electrons. The predicted molar refractivity (Wildman–Crippen MR) is 368 cm³/mol. The maximum absolute atomic E-state index is 14.5. The first-order valence-corrected chi connectivity index (χ1v) is 33.6. The molecule has 4 aromatic rings. The maximum Gasteiger partial charge on any atom is 0.326 e. The van der Waals surface area contributed by atoms with Crippen molar-refractivity contribution in [3.05, 3.63) is 131 Å². The Kier molecular flexibility index (Phi) is 34.0. The van der Waals surface area contributed by atoms with E-state index in [1.165, 1.54) is 81.1 Å². The number of amides is 11. The molecule has 4 rings (SSSR count). The van der Waals surface area contributed by atoms with Gasteiger partial charge in [0.05, 0.1) is 25.4 Å². The molecule has 0 unspecified atom stereocenters. The summed E-state index contributed by atoms with van der Waals surface area (Å²) in [6, 6.07) is 11.3. The number of phenols is 2. The monoisotopic (exact) mass is 1430 g/mol. The van der Waals surface area contributed by atoms with Crippen LogP contribution in [0, 0.1) is 5.92 Å².